The summed E-state index contributed by atoms with van der Waals surface area (Å²) < 4.78 is 11.6. The van der Waals surface area contributed by atoms with Crippen LogP contribution in [0, 0.1) is 0 Å². The molecule has 2 rings (SSSR count). The van der Waals surface area contributed by atoms with Crippen LogP contribution in [0.1, 0.15) is 38.2 Å². The first kappa shape index (κ1) is 13.2. The van der Waals surface area contributed by atoms with E-state index < -0.39 is 0 Å². The van der Waals surface area contributed by atoms with Crippen molar-refractivity contribution in [2.45, 2.75) is 44.6 Å². The van der Waals surface area contributed by atoms with Gasteiger partial charge < -0.3 is 15.2 Å². The molecule has 1 aromatic carbocycles. The zero-order valence-corrected chi connectivity index (χ0v) is 11.4. The number of benzene rings is 1. The molecule has 1 fully saturated rings. The minimum Gasteiger partial charge on any atom is -0.493 e. The van der Waals surface area contributed by atoms with E-state index >= 15 is 0 Å². The molecule has 100 valence electrons. The van der Waals surface area contributed by atoms with Crippen LogP contribution < -0.4 is 15.2 Å². The lowest BCUT2D eigenvalue weighted by molar-refractivity contribution is 0.0926. The van der Waals surface area contributed by atoms with Crippen LogP contribution in [-0.2, 0) is 6.42 Å². The first-order valence-corrected chi connectivity index (χ1v) is 6.73. The Labute approximate surface area is 109 Å². The van der Waals surface area contributed by atoms with Crippen LogP contribution in [-0.4, -0.2) is 19.3 Å². The van der Waals surface area contributed by atoms with Gasteiger partial charge >= 0.3 is 0 Å². The van der Waals surface area contributed by atoms with Gasteiger partial charge in [-0.3, -0.25) is 0 Å². The number of rotatable bonds is 5. The Balaban J connectivity index is 2.20. The molecule has 0 spiro atoms. The molecule has 0 bridgehead atoms. The standard InChI is InChI=1S/C15H23NO2/c1-15(8-3-4-9-15)18-14-11-12(7-10-16)5-6-13(14)17-2/h5-6,11H,3-4,7-10,16H2,1-2H3. The quantitative estimate of drug-likeness (QED) is 0.872. The van der Waals surface area contributed by atoms with E-state index in [9.17, 15) is 0 Å². The summed E-state index contributed by atoms with van der Waals surface area (Å²) >= 11 is 0. The SMILES string of the molecule is COc1ccc(CCN)cc1OC1(C)CCCC1. The molecular weight excluding hydrogens is 226 g/mol. The molecule has 1 aromatic rings. The van der Waals surface area contributed by atoms with Crippen molar-refractivity contribution in [3.8, 4) is 11.5 Å². The highest BCUT2D eigenvalue weighted by Gasteiger charge is 2.31. The van der Waals surface area contributed by atoms with Gasteiger partial charge in [-0.25, -0.2) is 0 Å². The maximum Gasteiger partial charge on any atom is 0.162 e. The highest BCUT2D eigenvalue weighted by atomic mass is 16.5. The zero-order valence-electron chi connectivity index (χ0n) is 11.4. The molecule has 0 saturated heterocycles. The van der Waals surface area contributed by atoms with E-state index in [1.165, 1.54) is 18.4 Å². The molecule has 0 atom stereocenters. The zero-order chi connectivity index (χ0) is 13.0. The second-order valence-electron chi connectivity index (χ2n) is 5.28. The van der Waals surface area contributed by atoms with E-state index in [2.05, 4.69) is 19.1 Å². The molecule has 3 heteroatoms. The lowest BCUT2D eigenvalue weighted by atomic mass is 10.1. The molecular formula is C15H23NO2. The van der Waals surface area contributed by atoms with E-state index in [1.54, 1.807) is 7.11 Å². The van der Waals surface area contributed by atoms with Gasteiger partial charge in [-0.2, -0.15) is 0 Å². The average molecular weight is 249 g/mol. The normalized spacial score (nSPS) is 17.7. The van der Waals surface area contributed by atoms with E-state index in [0.29, 0.717) is 6.54 Å². The summed E-state index contributed by atoms with van der Waals surface area (Å²) in [5.74, 6) is 1.66. The van der Waals surface area contributed by atoms with Gasteiger partial charge in [-0.05, 0) is 63.3 Å². The molecule has 2 N–H and O–H groups in total. The Hall–Kier alpha value is -1.22. The molecule has 18 heavy (non-hydrogen) atoms. The predicted octanol–water partition coefficient (Wildman–Crippen LogP) is 2.91. The van der Waals surface area contributed by atoms with Crippen molar-refractivity contribution >= 4 is 0 Å². The fourth-order valence-electron chi connectivity index (χ4n) is 2.61. The van der Waals surface area contributed by atoms with Crippen LogP contribution in [0.3, 0.4) is 0 Å². The second-order valence-corrected chi connectivity index (χ2v) is 5.28. The second kappa shape index (κ2) is 5.61. The summed E-state index contributed by atoms with van der Waals surface area (Å²) in [6, 6.07) is 6.09. The first-order chi connectivity index (χ1) is 8.67. The number of hydrogen-bond acceptors (Lipinski definition) is 3. The number of nitrogens with two attached hydrogens (primary N) is 1. The minimum absolute atomic E-state index is 0.0331. The van der Waals surface area contributed by atoms with Gasteiger partial charge in [0.05, 0.1) is 7.11 Å². The largest absolute Gasteiger partial charge is 0.493 e. The van der Waals surface area contributed by atoms with Crippen molar-refractivity contribution in [3.05, 3.63) is 23.8 Å². The van der Waals surface area contributed by atoms with Crippen LogP contribution >= 0.6 is 0 Å². The smallest absolute Gasteiger partial charge is 0.162 e. The number of ether oxygens (including phenoxy) is 2. The number of methoxy groups -OCH3 is 1. The summed E-state index contributed by atoms with van der Waals surface area (Å²) in [4.78, 5) is 0. The highest BCUT2D eigenvalue weighted by Crippen LogP contribution is 2.38. The lowest BCUT2D eigenvalue weighted by Gasteiger charge is -2.27. The molecule has 1 aliphatic carbocycles. The molecule has 0 unspecified atom stereocenters. The Morgan fingerprint density at radius 1 is 1.22 bits per heavy atom. The van der Waals surface area contributed by atoms with Crippen molar-refractivity contribution in [1.29, 1.82) is 0 Å². The van der Waals surface area contributed by atoms with Gasteiger partial charge in [0.15, 0.2) is 11.5 Å². The molecule has 3 nitrogen and oxygen atoms in total. The van der Waals surface area contributed by atoms with Gasteiger partial charge in [0.1, 0.15) is 5.60 Å². The van der Waals surface area contributed by atoms with Gasteiger partial charge in [0, 0.05) is 0 Å². The summed E-state index contributed by atoms with van der Waals surface area (Å²) in [5, 5.41) is 0. The van der Waals surface area contributed by atoms with Crippen molar-refractivity contribution < 1.29 is 9.47 Å². The molecule has 0 aliphatic heterocycles. The number of hydrogen-bond donors (Lipinski definition) is 1. The Morgan fingerprint density at radius 2 is 1.94 bits per heavy atom. The van der Waals surface area contributed by atoms with Crippen LogP contribution in [0.2, 0.25) is 0 Å². The Kier molecular flexibility index (Phi) is 4.12. The Bertz CT molecular complexity index is 397. The van der Waals surface area contributed by atoms with Crippen molar-refractivity contribution in [3.63, 3.8) is 0 Å². The maximum absolute atomic E-state index is 6.21. The van der Waals surface area contributed by atoms with Gasteiger partial charge in [0.2, 0.25) is 0 Å². The van der Waals surface area contributed by atoms with Crippen molar-refractivity contribution in [2.75, 3.05) is 13.7 Å². The van der Waals surface area contributed by atoms with Crippen molar-refractivity contribution in [2.24, 2.45) is 5.73 Å². The fourth-order valence-corrected chi connectivity index (χ4v) is 2.61. The van der Waals surface area contributed by atoms with Gasteiger partial charge in [-0.1, -0.05) is 6.07 Å². The minimum atomic E-state index is -0.0331. The third-order valence-corrected chi connectivity index (χ3v) is 3.68. The Morgan fingerprint density at radius 3 is 2.56 bits per heavy atom. The van der Waals surface area contributed by atoms with Crippen LogP contribution in [0.25, 0.3) is 0 Å². The predicted molar refractivity (Wildman–Crippen MR) is 73.3 cm³/mol. The van der Waals surface area contributed by atoms with E-state index in [0.717, 1.165) is 30.8 Å². The first-order valence-electron chi connectivity index (χ1n) is 6.73. The molecule has 0 amide bonds. The maximum atomic E-state index is 6.21. The molecule has 1 aliphatic rings. The van der Waals surface area contributed by atoms with Crippen LogP contribution in [0.5, 0.6) is 11.5 Å². The average Bonchev–Trinajstić information content (AvgIpc) is 2.77. The van der Waals surface area contributed by atoms with E-state index in [4.69, 9.17) is 15.2 Å². The van der Waals surface area contributed by atoms with E-state index in [-0.39, 0.29) is 5.60 Å². The third-order valence-electron chi connectivity index (χ3n) is 3.68. The topological polar surface area (TPSA) is 44.5 Å². The van der Waals surface area contributed by atoms with Crippen LogP contribution in [0.15, 0.2) is 18.2 Å². The molecule has 1 saturated carbocycles. The molecule has 0 heterocycles. The molecule has 0 aromatic heterocycles. The summed E-state index contributed by atoms with van der Waals surface area (Å²) in [6.07, 6.45) is 5.62. The fraction of sp³-hybridized carbons (Fsp3) is 0.600. The highest BCUT2D eigenvalue weighted by molar-refractivity contribution is 5.43. The van der Waals surface area contributed by atoms with Crippen LogP contribution in [0.4, 0.5) is 0 Å². The van der Waals surface area contributed by atoms with E-state index in [1.807, 2.05) is 6.07 Å². The van der Waals surface area contributed by atoms with Gasteiger partial charge in [-0.15, -0.1) is 0 Å². The monoisotopic (exact) mass is 249 g/mol. The lowest BCUT2D eigenvalue weighted by Crippen LogP contribution is -2.28. The summed E-state index contributed by atoms with van der Waals surface area (Å²) in [7, 11) is 1.68. The van der Waals surface area contributed by atoms with Gasteiger partial charge in [0.25, 0.3) is 0 Å². The van der Waals surface area contributed by atoms with Crippen molar-refractivity contribution in [1.82, 2.24) is 0 Å². The molecule has 0 radical (unpaired) electrons. The third kappa shape index (κ3) is 2.96. The summed E-state index contributed by atoms with van der Waals surface area (Å²) in [5.41, 5.74) is 6.77. The summed E-state index contributed by atoms with van der Waals surface area (Å²) in [6.45, 7) is 2.85.